The Labute approximate surface area is 135 Å². The van der Waals surface area contributed by atoms with E-state index in [9.17, 15) is 5.11 Å². The van der Waals surface area contributed by atoms with Gasteiger partial charge in [0, 0.05) is 0 Å². The van der Waals surface area contributed by atoms with E-state index in [1.54, 1.807) is 0 Å². The summed E-state index contributed by atoms with van der Waals surface area (Å²) in [6, 6.07) is 6.72. The van der Waals surface area contributed by atoms with Crippen molar-refractivity contribution in [3.63, 3.8) is 0 Å². The van der Waals surface area contributed by atoms with Gasteiger partial charge in [0.15, 0.2) is 0 Å². The predicted octanol–water partition coefficient (Wildman–Crippen LogP) is 3.89. The van der Waals surface area contributed by atoms with Crippen LogP contribution in [0.1, 0.15) is 56.2 Å². The summed E-state index contributed by atoms with van der Waals surface area (Å²) in [7, 11) is 2.19. The number of fused-ring (bicyclic) bond motifs is 1. The highest BCUT2D eigenvalue weighted by molar-refractivity contribution is 5.39. The fourth-order valence-electron chi connectivity index (χ4n) is 4.74. The van der Waals surface area contributed by atoms with E-state index >= 15 is 0 Å². The zero-order valence-corrected chi connectivity index (χ0v) is 14.7. The minimum absolute atomic E-state index is 0.0629. The Bertz CT molecular complexity index is 543. The van der Waals surface area contributed by atoms with Crippen LogP contribution >= 0.6 is 0 Å². The van der Waals surface area contributed by atoms with E-state index in [1.807, 2.05) is 0 Å². The van der Waals surface area contributed by atoms with Gasteiger partial charge in [-0.05, 0) is 81.6 Å². The van der Waals surface area contributed by atoms with Crippen molar-refractivity contribution < 1.29 is 5.11 Å². The first-order valence-electron chi connectivity index (χ1n) is 8.85. The number of piperidine rings is 1. The van der Waals surface area contributed by atoms with Crippen LogP contribution in [-0.4, -0.2) is 30.1 Å². The monoisotopic (exact) mass is 301 g/mol. The van der Waals surface area contributed by atoms with Crippen molar-refractivity contribution in [3.8, 4) is 0 Å². The summed E-state index contributed by atoms with van der Waals surface area (Å²) in [4.78, 5) is 2.39. The van der Waals surface area contributed by atoms with Crippen molar-refractivity contribution in [1.82, 2.24) is 4.90 Å². The number of hydrogen-bond acceptors (Lipinski definition) is 2. The van der Waals surface area contributed by atoms with Gasteiger partial charge in [-0.2, -0.15) is 0 Å². The first-order chi connectivity index (χ1) is 10.3. The molecule has 0 bridgehead atoms. The van der Waals surface area contributed by atoms with Gasteiger partial charge in [-0.25, -0.2) is 0 Å². The van der Waals surface area contributed by atoms with Gasteiger partial charge in [0.2, 0.25) is 0 Å². The molecule has 3 rings (SSSR count). The lowest BCUT2D eigenvalue weighted by Crippen LogP contribution is -2.51. The van der Waals surface area contributed by atoms with Crippen molar-refractivity contribution in [1.29, 1.82) is 0 Å². The Kier molecular flexibility index (Phi) is 4.11. The number of hydrogen-bond donors (Lipinski definition) is 1. The summed E-state index contributed by atoms with van der Waals surface area (Å²) in [6.07, 6.45) is 5.59. The highest BCUT2D eigenvalue weighted by Crippen LogP contribution is 2.53. The van der Waals surface area contributed by atoms with Gasteiger partial charge in [0.1, 0.15) is 0 Å². The minimum Gasteiger partial charge on any atom is -0.384 e. The predicted molar refractivity (Wildman–Crippen MR) is 92.0 cm³/mol. The van der Waals surface area contributed by atoms with E-state index in [2.05, 4.69) is 50.9 Å². The molecule has 0 aromatic heterocycles. The second-order valence-corrected chi connectivity index (χ2v) is 8.24. The van der Waals surface area contributed by atoms with Crippen LogP contribution in [0.3, 0.4) is 0 Å². The second-order valence-electron chi connectivity index (χ2n) is 8.24. The van der Waals surface area contributed by atoms with Gasteiger partial charge in [-0.3, -0.25) is 0 Å². The normalized spacial score (nSPS) is 29.9. The van der Waals surface area contributed by atoms with Gasteiger partial charge in [-0.15, -0.1) is 0 Å². The van der Waals surface area contributed by atoms with Crippen LogP contribution in [-0.2, 0) is 12.0 Å². The Morgan fingerprint density at radius 2 is 1.86 bits per heavy atom. The fraction of sp³-hybridized carbons (Fsp3) is 0.700. The molecule has 2 aliphatic rings. The third kappa shape index (κ3) is 2.51. The maximum Gasteiger partial charge on any atom is 0.0978 e. The van der Waals surface area contributed by atoms with Gasteiger partial charge < -0.3 is 10.0 Å². The van der Waals surface area contributed by atoms with Crippen molar-refractivity contribution in [2.24, 2.45) is 11.3 Å². The smallest absolute Gasteiger partial charge is 0.0978 e. The van der Waals surface area contributed by atoms with E-state index < -0.39 is 5.60 Å². The molecular weight excluding hydrogens is 270 g/mol. The molecule has 1 fully saturated rings. The average Bonchev–Trinajstić information content (AvgIpc) is 2.57. The van der Waals surface area contributed by atoms with Crippen LogP contribution < -0.4 is 0 Å². The summed E-state index contributed by atoms with van der Waals surface area (Å²) in [5, 5.41) is 12.0. The molecule has 1 aromatic carbocycles. The van der Waals surface area contributed by atoms with Crippen LogP contribution in [0.25, 0.3) is 0 Å². The molecule has 1 aromatic rings. The highest BCUT2D eigenvalue weighted by atomic mass is 16.3. The Hall–Kier alpha value is -0.860. The summed E-state index contributed by atoms with van der Waals surface area (Å²) in [5.74, 6) is 0.373. The van der Waals surface area contributed by atoms with Crippen LogP contribution in [0.2, 0.25) is 0 Å². The van der Waals surface area contributed by atoms with Gasteiger partial charge in [-0.1, -0.05) is 37.6 Å². The number of likely N-dealkylation sites (tertiary alicyclic amines) is 1. The first kappa shape index (κ1) is 16.0. The molecule has 1 aliphatic heterocycles. The number of nitrogens with zero attached hydrogens (tertiary/aromatic N) is 1. The summed E-state index contributed by atoms with van der Waals surface area (Å²) < 4.78 is 0. The molecule has 1 saturated heterocycles. The fourth-order valence-corrected chi connectivity index (χ4v) is 4.74. The van der Waals surface area contributed by atoms with E-state index in [-0.39, 0.29) is 5.41 Å². The third-order valence-corrected chi connectivity index (χ3v) is 6.27. The summed E-state index contributed by atoms with van der Waals surface area (Å²) in [6.45, 7) is 8.91. The average molecular weight is 301 g/mol. The molecular formula is C20H31NO. The molecule has 22 heavy (non-hydrogen) atoms. The Balaban J connectivity index is 2.10. The van der Waals surface area contributed by atoms with Gasteiger partial charge >= 0.3 is 0 Å². The SMILES string of the molecule is Cc1ccc2c(c1)C(O)(C1CCN(C)CC1)C(C)(C)CCC2. The molecule has 1 atom stereocenters. The number of benzene rings is 1. The van der Waals surface area contributed by atoms with Crippen LogP contribution in [0.4, 0.5) is 0 Å². The third-order valence-electron chi connectivity index (χ3n) is 6.27. The lowest BCUT2D eigenvalue weighted by Gasteiger charge is -2.50. The van der Waals surface area contributed by atoms with E-state index in [4.69, 9.17) is 0 Å². The van der Waals surface area contributed by atoms with Gasteiger partial charge in [0.05, 0.1) is 5.60 Å². The van der Waals surface area contributed by atoms with Crippen LogP contribution in [0, 0.1) is 18.3 Å². The Morgan fingerprint density at radius 3 is 2.55 bits per heavy atom. The maximum absolute atomic E-state index is 12.0. The highest BCUT2D eigenvalue weighted by Gasteiger charge is 2.52. The largest absolute Gasteiger partial charge is 0.384 e. The Morgan fingerprint density at radius 1 is 1.18 bits per heavy atom. The van der Waals surface area contributed by atoms with Crippen molar-refractivity contribution in [3.05, 3.63) is 34.9 Å². The van der Waals surface area contributed by atoms with Crippen LogP contribution in [0.5, 0.6) is 0 Å². The zero-order chi connectivity index (χ0) is 16.0. The first-order valence-corrected chi connectivity index (χ1v) is 8.85. The topological polar surface area (TPSA) is 23.5 Å². The zero-order valence-electron chi connectivity index (χ0n) is 14.7. The molecule has 1 heterocycles. The molecule has 1 unspecified atom stereocenters. The molecule has 1 N–H and O–H groups in total. The van der Waals surface area contributed by atoms with E-state index in [0.29, 0.717) is 5.92 Å². The quantitative estimate of drug-likeness (QED) is 0.796. The molecule has 0 saturated carbocycles. The maximum atomic E-state index is 12.0. The van der Waals surface area contributed by atoms with E-state index in [1.165, 1.54) is 23.1 Å². The summed E-state index contributed by atoms with van der Waals surface area (Å²) >= 11 is 0. The number of rotatable bonds is 1. The van der Waals surface area contributed by atoms with Crippen molar-refractivity contribution >= 4 is 0 Å². The minimum atomic E-state index is -0.688. The van der Waals surface area contributed by atoms with Crippen molar-refractivity contribution in [2.45, 2.75) is 58.5 Å². The molecule has 0 amide bonds. The number of aliphatic hydroxyl groups is 1. The lowest BCUT2D eigenvalue weighted by molar-refractivity contribution is -0.135. The molecule has 2 heteroatoms. The molecule has 122 valence electrons. The molecule has 0 spiro atoms. The van der Waals surface area contributed by atoms with Crippen LogP contribution in [0.15, 0.2) is 18.2 Å². The molecule has 0 radical (unpaired) electrons. The second kappa shape index (κ2) is 5.65. The number of aryl methyl sites for hydroxylation is 2. The molecule has 2 nitrogen and oxygen atoms in total. The summed E-state index contributed by atoms with van der Waals surface area (Å²) in [5.41, 5.74) is 3.11. The molecule has 1 aliphatic carbocycles. The van der Waals surface area contributed by atoms with Crippen molar-refractivity contribution in [2.75, 3.05) is 20.1 Å². The van der Waals surface area contributed by atoms with Gasteiger partial charge in [0.25, 0.3) is 0 Å². The lowest BCUT2D eigenvalue weighted by atomic mass is 9.61. The van der Waals surface area contributed by atoms with E-state index in [0.717, 1.165) is 38.8 Å². The standard InChI is InChI=1S/C20H31NO/c1-15-7-8-16-6-5-11-19(2,3)20(22,18(16)14-15)17-9-12-21(4)13-10-17/h7-8,14,17,22H,5-6,9-13H2,1-4H3.